The third-order valence-corrected chi connectivity index (χ3v) is 2.90. The maximum Gasteiger partial charge on any atom is 0.163 e. The van der Waals surface area contributed by atoms with Crippen LogP contribution >= 0.6 is 0 Å². The molecule has 0 amide bonds. The summed E-state index contributed by atoms with van der Waals surface area (Å²) < 4.78 is 5.37. The summed E-state index contributed by atoms with van der Waals surface area (Å²) in [5.74, 6) is 0. The van der Waals surface area contributed by atoms with Gasteiger partial charge >= 0.3 is 0 Å². The number of hydrogen-bond acceptors (Lipinski definition) is 5. The van der Waals surface area contributed by atoms with E-state index < -0.39 is 0 Å². The summed E-state index contributed by atoms with van der Waals surface area (Å²) in [6.45, 7) is 3.83. The molecule has 2 aliphatic rings. The van der Waals surface area contributed by atoms with Crippen molar-refractivity contribution < 1.29 is 4.74 Å². The van der Waals surface area contributed by atoms with E-state index >= 15 is 0 Å². The molecule has 0 aliphatic carbocycles. The molecule has 0 aromatic rings. The van der Waals surface area contributed by atoms with Gasteiger partial charge in [-0.05, 0) is 7.05 Å². The van der Waals surface area contributed by atoms with Gasteiger partial charge in [0, 0.05) is 25.7 Å². The molecule has 2 aliphatic heterocycles. The van der Waals surface area contributed by atoms with Crippen LogP contribution in [0.4, 0.5) is 0 Å². The third-order valence-electron chi connectivity index (χ3n) is 2.90. The van der Waals surface area contributed by atoms with Crippen molar-refractivity contribution in [3.05, 3.63) is 0 Å². The molecule has 0 radical (unpaired) electrons. The minimum Gasteiger partial charge on any atom is -0.348 e. The van der Waals surface area contributed by atoms with Crippen LogP contribution in [0.1, 0.15) is 0 Å². The largest absolute Gasteiger partial charge is 0.348 e. The van der Waals surface area contributed by atoms with Crippen molar-refractivity contribution in [1.82, 2.24) is 15.5 Å². The lowest BCUT2D eigenvalue weighted by molar-refractivity contribution is 0.0489. The van der Waals surface area contributed by atoms with Gasteiger partial charge < -0.3 is 15.4 Å². The Morgan fingerprint density at radius 3 is 2.85 bits per heavy atom. The number of nitrogens with zero attached hydrogens (tertiary/aromatic N) is 1. The first-order valence-electron chi connectivity index (χ1n) is 4.82. The molecule has 5 nitrogen and oxygen atoms in total. The van der Waals surface area contributed by atoms with Crippen molar-refractivity contribution in [3.63, 3.8) is 0 Å². The molecular formula is C8H18N4O. The Morgan fingerprint density at radius 2 is 2.31 bits per heavy atom. The number of likely N-dealkylation sites (N-methyl/N-ethyl adjacent to an activating group) is 1. The number of nitrogens with two attached hydrogens (primary N) is 1. The molecule has 0 saturated carbocycles. The summed E-state index contributed by atoms with van der Waals surface area (Å²) in [5, 5.41) is 6.83. The summed E-state index contributed by atoms with van der Waals surface area (Å²) in [6.07, 6.45) is -0.228. The van der Waals surface area contributed by atoms with Crippen molar-refractivity contribution in [3.8, 4) is 0 Å². The molecule has 4 N–H and O–H groups in total. The third kappa shape index (κ3) is 1.84. The first kappa shape index (κ1) is 9.36. The first-order valence-corrected chi connectivity index (χ1v) is 4.82. The SMILES string of the molecule is CN1C(N)OCC1C1CNCCN1. The molecule has 2 saturated heterocycles. The van der Waals surface area contributed by atoms with Crippen LogP contribution in [0.15, 0.2) is 0 Å². The first-order chi connectivity index (χ1) is 6.29. The Kier molecular flexibility index (Phi) is 2.80. The monoisotopic (exact) mass is 186 g/mol. The van der Waals surface area contributed by atoms with Gasteiger partial charge in [-0.3, -0.25) is 10.6 Å². The zero-order valence-electron chi connectivity index (χ0n) is 7.99. The topological polar surface area (TPSA) is 62.5 Å². The van der Waals surface area contributed by atoms with E-state index in [1.807, 2.05) is 7.05 Å². The maximum absolute atomic E-state index is 5.73. The van der Waals surface area contributed by atoms with Crippen LogP contribution in [0, 0.1) is 0 Å². The molecule has 0 aromatic heterocycles. The number of nitrogens with one attached hydrogen (secondary N) is 2. The van der Waals surface area contributed by atoms with Crippen LogP contribution in [0.3, 0.4) is 0 Å². The molecule has 0 spiro atoms. The summed E-state index contributed by atoms with van der Waals surface area (Å²) in [6, 6.07) is 0.870. The van der Waals surface area contributed by atoms with Gasteiger partial charge in [-0.25, -0.2) is 0 Å². The Balaban J connectivity index is 1.92. The molecular weight excluding hydrogens is 168 g/mol. The van der Waals surface area contributed by atoms with Crippen LogP contribution in [0.5, 0.6) is 0 Å². The molecule has 2 rings (SSSR count). The summed E-state index contributed by atoms with van der Waals surface area (Å²) in [4.78, 5) is 2.09. The Bertz CT molecular complexity index is 172. The number of ether oxygens (including phenoxy) is 1. The molecule has 3 atom stereocenters. The van der Waals surface area contributed by atoms with Crippen molar-refractivity contribution in [1.29, 1.82) is 0 Å². The highest BCUT2D eigenvalue weighted by Crippen LogP contribution is 2.14. The molecule has 2 fully saturated rings. The number of hydrogen-bond donors (Lipinski definition) is 3. The summed E-state index contributed by atoms with van der Waals surface area (Å²) >= 11 is 0. The zero-order chi connectivity index (χ0) is 9.26. The smallest absolute Gasteiger partial charge is 0.163 e. The lowest BCUT2D eigenvalue weighted by Crippen LogP contribution is -2.58. The summed E-state index contributed by atoms with van der Waals surface area (Å²) in [7, 11) is 2.01. The Labute approximate surface area is 78.6 Å². The average Bonchev–Trinajstić information content (AvgIpc) is 2.49. The van der Waals surface area contributed by atoms with Gasteiger partial charge in [-0.2, -0.15) is 0 Å². The molecule has 13 heavy (non-hydrogen) atoms. The van der Waals surface area contributed by atoms with Gasteiger partial charge in [0.25, 0.3) is 0 Å². The Hall–Kier alpha value is -0.200. The van der Waals surface area contributed by atoms with Crippen molar-refractivity contribution in [2.75, 3.05) is 33.3 Å². The minimum atomic E-state index is -0.228. The van der Waals surface area contributed by atoms with E-state index in [4.69, 9.17) is 10.5 Å². The summed E-state index contributed by atoms with van der Waals surface area (Å²) in [5.41, 5.74) is 5.73. The molecule has 0 bridgehead atoms. The quantitative estimate of drug-likeness (QED) is 0.447. The number of piperazine rings is 1. The molecule has 5 heteroatoms. The van der Waals surface area contributed by atoms with Crippen molar-refractivity contribution >= 4 is 0 Å². The fourth-order valence-electron chi connectivity index (χ4n) is 1.97. The average molecular weight is 186 g/mol. The lowest BCUT2D eigenvalue weighted by atomic mass is 10.1. The van der Waals surface area contributed by atoms with Crippen molar-refractivity contribution in [2.24, 2.45) is 5.73 Å². The number of rotatable bonds is 1. The van der Waals surface area contributed by atoms with E-state index in [0.29, 0.717) is 12.1 Å². The Morgan fingerprint density at radius 1 is 1.46 bits per heavy atom. The molecule has 0 aromatic carbocycles. The highest BCUT2D eigenvalue weighted by molar-refractivity contribution is 4.90. The normalized spacial score (nSPS) is 42.5. The van der Waals surface area contributed by atoms with Gasteiger partial charge in [0.2, 0.25) is 0 Å². The second-order valence-electron chi connectivity index (χ2n) is 3.72. The minimum absolute atomic E-state index is 0.228. The highest BCUT2D eigenvalue weighted by atomic mass is 16.5. The van der Waals surface area contributed by atoms with Gasteiger partial charge in [0.05, 0.1) is 12.6 Å². The molecule has 3 unspecified atom stereocenters. The zero-order valence-corrected chi connectivity index (χ0v) is 7.99. The lowest BCUT2D eigenvalue weighted by Gasteiger charge is -2.32. The van der Waals surface area contributed by atoms with Crippen LogP contribution in [0.25, 0.3) is 0 Å². The van der Waals surface area contributed by atoms with Gasteiger partial charge in [-0.15, -0.1) is 0 Å². The van der Waals surface area contributed by atoms with Gasteiger partial charge in [0.15, 0.2) is 6.35 Å². The van der Waals surface area contributed by atoms with E-state index in [9.17, 15) is 0 Å². The van der Waals surface area contributed by atoms with E-state index in [2.05, 4.69) is 15.5 Å². The van der Waals surface area contributed by atoms with Crippen LogP contribution < -0.4 is 16.4 Å². The van der Waals surface area contributed by atoms with E-state index in [1.54, 1.807) is 0 Å². The van der Waals surface area contributed by atoms with Gasteiger partial charge in [0.1, 0.15) is 0 Å². The fourth-order valence-corrected chi connectivity index (χ4v) is 1.97. The van der Waals surface area contributed by atoms with E-state index in [-0.39, 0.29) is 6.35 Å². The van der Waals surface area contributed by atoms with Crippen LogP contribution in [-0.4, -0.2) is 56.6 Å². The predicted molar refractivity (Wildman–Crippen MR) is 50.1 cm³/mol. The van der Waals surface area contributed by atoms with Crippen LogP contribution in [0.2, 0.25) is 0 Å². The van der Waals surface area contributed by atoms with E-state index in [0.717, 1.165) is 26.2 Å². The highest BCUT2D eigenvalue weighted by Gasteiger charge is 2.35. The second-order valence-corrected chi connectivity index (χ2v) is 3.72. The standard InChI is InChI=1S/C8H18N4O/c1-12-7(5-13-8(12)9)6-4-10-2-3-11-6/h6-8,10-11H,2-5,9H2,1H3. The fraction of sp³-hybridized carbons (Fsp3) is 1.00. The molecule has 76 valence electrons. The predicted octanol–water partition coefficient (Wildman–Crippen LogP) is -1.88. The second kappa shape index (κ2) is 3.89. The molecule has 2 heterocycles. The van der Waals surface area contributed by atoms with Crippen molar-refractivity contribution in [2.45, 2.75) is 18.4 Å². The van der Waals surface area contributed by atoms with E-state index in [1.165, 1.54) is 0 Å². The van der Waals surface area contributed by atoms with Gasteiger partial charge in [-0.1, -0.05) is 0 Å². The van der Waals surface area contributed by atoms with Crippen LogP contribution in [-0.2, 0) is 4.74 Å². The maximum atomic E-state index is 5.73.